The van der Waals surface area contributed by atoms with E-state index in [2.05, 4.69) is 17.4 Å². The Morgan fingerprint density at radius 2 is 1.61 bits per heavy atom. The molecule has 1 aliphatic rings. The molecular formula is C16H16FN. The number of rotatable bonds is 2. The molecule has 0 bridgehead atoms. The maximum atomic E-state index is 13.8. The normalized spacial score (nSPS) is 22.5. The van der Waals surface area contributed by atoms with Crippen LogP contribution in [0.15, 0.2) is 54.6 Å². The average molecular weight is 241 g/mol. The van der Waals surface area contributed by atoms with Crippen LogP contribution < -0.4 is 5.32 Å². The second-order valence-electron chi connectivity index (χ2n) is 4.75. The summed E-state index contributed by atoms with van der Waals surface area (Å²) in [6.45, 7) is 0.411. The van der Waals surface area contributed by atoms with E-state index < -0.39 is 6.17 Å². The Hall–Kier alpha value is -1.67. The van der Waals surface area contributed by atoms with Crippen molar-refractivity contribution >= 4 is 0 Å². The van der Waals surface area contributed by atoms with Crippen LogP contribution in [0.3, 0.4) is 0 Å². The van der Waals surface area contributed by atoms with Crippen LogP contribution in [0.25, 0.3) is 0 Å². The van der Waals surface area contributed by atoms with Crippen molar-refractivity contribution in [2.75, 3.05) is 6.54 Å². The maximum absolute atomic E-state index is 13.8. The molecule has 2 atom stereocenters. The minimum Gasteiger partial charge on any atom is -0.306 e. The fraction of sp³-hybridized carbons (Fsp3) is 0.250. The summed E-state index contributed by atoms with van der Waals surface area (Å²) in [7, 11) is 0. The van der Waals surface area contributed by atoms with Gasteiger partial charge in [-0.2, -0.15) is 0 Å². The van der Waals surface area contributed by atoms with Gasteiger partial charge in [-0.05, 0) is 23.1 Å². The molecule has 0 radical (unpaired) electrons. The highest BCUT2D eigenvalue weighted by molar-refractivity contribution is 5.35. The number of hydrogen-bond acceptors (Lipinski definition) is 1. The van der Waals surface area contributed by atoms with Crippen LogP contribution in [0, 0.1) is 0 Å². The molecule has 1 heterocycles. The van der Waals surface area contributed by atoms with Crippen molar-refractivity contribution in [3.63, 3.8) is 0 Å². The molecule has 2 aromatic carbocycles. The van der Waals surface area contributed by atoms with Gasteiger partial charge in [-0.25, -0.2) is 4.39 Å². The summed E-state index contributed by atoms with van der Waals surface area (Å²) in [6.07, 6.45) is 0.0260. The smallest absolute Gasteiger partial charge is 0.138 e. The van der Waals surface area contributed by atoms with Gasteiger partial charge in [0.25, 0.3) is 0 Å². The van der Waals surface area contributed by atoms with E-state index in [1.807, 2.05) is 42.5 Å². The lowest BCUT2D eigenvalue weighted by molar-refractivity contribution is 0.288. The van der Waals surface area contributed by atoms with Crippen LogP contribution in [-0.4, -0.2) is 6.54 Å². The summed E-state index contributed by atoms with van der Waals surface area (Å²) in [5.74, 6) is 0. The lowest BCUT2D eigenvalue weighted by Gasteiger charge is -2.29. The second-order valence-corrected chi connectivity index (χ2v) is 4.75. The van der Waals surface area contributed by atoms with E-state index in [1.54, 1.807) is 0 Å². The van der Waals surface area contributed by atoms with Gasteiger partial charge in [0.05, 0.1) is 0 Å². The molecule has 1 nitrogen and oxygen atoms in total. The molecule has 1 N–H and O–H groups in total. The molecule has 92 valence electrons. The Morgan fingerprint density at radius 3 is 2.39 bits per heavy atom. The molecule has 0 saturated heterocycles. The van der Waals surface area contributed by atoms with Crippen LogP contribution in [0.1, 0.15) is 28.9 Å². The van der Waals surface area contributed by atoms with E-state index in [4.69, 9.17) is 0 Å². The molecule has 0 spiro atoms. The molecule has 2 aromatic rings. The predicted octanol–water partition coefficient (Wildman–Crippen LogP) is 3.58. The first-order chi connectivity index (χ1) is 8.84. The third-order valence-electron chi connectivity index (χ3n) is 3.54. The SMILES string of the molecule is FC1CNC(Cc2ccccc2)c2ccccc21. The zero-order valence-corrected chi connectivity index (χ0v) is 10.1. The molecule has 0 amide bonds. The van der Waals surface area contributed by atoms with Crippen molar-refractivity contribution in [2.24, 2.45) is 0 Å². The first-order valence-corrected chi connectivity index (χ1v) is 6.35. The molecule has 0 saturated carbocycles. The van der Waals surface area contributed by atoms with Crippen molar-refractivity contribution in [2.45, 2.75) is 18.6 Å². The van der Waals surface area contributed by atoms with E-state index in [9.17, 15) is 4.39 Å². The third kappa shape index (κ3) is 2.16. The highest BCUT2D eigenvalue weighted by Crippen LogP contribution is 2.32. The van der Waals surface area contributed by atoms with Crippen LogP contribution >= 0.6 is 0 Å². The van der Waals surface area contributed by atoms with Crippen LogP contribution in [0.2, 0.25) is 0 Å². The average Bonchev–Trinajstić information content (AvgIpc) is 2.44. The van der Waals surface area contributed by atoms with Crippen LogP contribution in [0.5, 0.6) is 0 Å². The van der Waals surface area contributed by atoms with E-state index >= 15 is 0 Å². The molecule has 3 rings (SSSR count). The van der Waals surface area contributed by atoms with Crippen LogP contribution in [-0.2, 0) is 6.42 Å². The van der Waals surface area contributed by atoms with E-state index in [0.717, 1.165) is 17.5 Å². The lowest BCUT2D eigenvalue weighted by Crippen LogP contribution is -2.32. The quantitative estimate of drug-likeness (QED) is 0.847. The summed E-state index contributed by atoms with van der Waals surface area (Å²) in [5, 5.41) is 3.30. The first kappa shape index (κ1) is 11.4. The number of halogens is 1. The zero-order chi connectivity index (χ0) is 12.4. The van der Waals surface area contributed by atoms with Crippen LogP contribution in [0.4, 0.5) is 4.39 Å². The zero-order valence-electron chi connectivity index (χ0n) is 10.1. The van der Waals surface area contributed by atoms with Crippen molar-refractivity contribution in [1.29, 1.82) is 0 Å². The third-order valence-corrected chi connectivity index (χ3v) is 3.54. The molecule has 18 heavy (non-hydrogen) atoms. The summed E-state index contributed by atoms with van der Waals surface area (Å²) in [6, 6.07) is 18.4. The lowest BCUT2D eigenvalue weighted by atomic mass is 9.89. The van der Waals surface area contributed by atoms with Gasteiger partial charge < -0.3 is 5.32 Å². The number of fused-ring (bicyclic) bond motifs is 1. The number of nitrogens with one attached hydrogen (secondary N) is 1. The van der Waals surface area contributed by atoms with E-state index in [0.29, 0.717) is 6.54 Å². The molecule has 0 aromatic heterocycles. The van der Waals surface area contributed by atoms with Gasteiger partial charge in [-0.1, -0.05) is 54.6 Å². The predicted molar refractivity (Wildman–Crippen MR) is 71.2 cm³/mol. The van der Waals surface area contributed by atoms with Gasteiger partial charge in [0, 0.05) is 12.6 Å². The highest BCUT2D eigenvalue weighted by atomic mass is 19.1. The molecule has 1 aliphatic heterocycles. The standard InChI is InChI=1S/C16H16FN/c17-15-11-18-16(10-12-6-2-1-3-7-12)14-9-5-4-8-13(14)15/h1-9,15-16,18H,10-11H2. The highest BCUT2D eigenvalue weighted by Gasteiger charge is 2.25. The van der Waals surface area contributed by atoms with Crippen molar-refractivity contribution in [1.82, 2.24) is 5.32 Å². The summed E-state index contributed by atoms with van der Waals surface area (Å²) in [4.78, 5) is 0. The summed E-state index contributed by atoms with van der Waals surface area (Å²) < 4.78 is 13.8. The van der Waals surface area contributed by atoms with Crippen molar-refractivity contribution in [3.05, 3.63) is 71.3 Å². The second kappa shape index (κ2) is 4.91. The Balaban J connectivity index is 1.89. The van der Waals surface area contributed by atoms with Gasteiger partial charge in [0.1, 0.15) is 6.17 Å². The maximum Gasteiger partial charge on any atom is 0.138 e. The minimum absolute atomic E-state index is 0.218. The fourth-order valence-corrected chi connectivity index (χ4v) is 2.61. The monoisotopic (exact) mass is 241 g/mol. The number of alkyl halides is 1. The Labute approximate surface area is 107 Å². The van der Waals surface area contributed by atoms with Gasteiger partial charge in [0.15, 0.2) is 0 Å². The van der Waals surface area contributed by atoms with Gasteiger partial charge >= 0.3 is 0 Å². The first-order valence-electron chi connectivity index (χ1n) is 6.35. The van der Waals surface area contributed by atoms with Crippen molar-refractivity contribution < 1.29 is 4.39 Å². The molecular weight excluding hydrogens is 225 g/mol. The number of benzene rings is 2. The summed E-state index contributed by atoms with van der Waals surface area (Å²) in [5.41, 5.74) is 3.22. The molecule has 2 heteroatoms. The van der Waals surface area contributed by atoms with Gasteiger partial charge in [-0.15, -0.1) is 0 Å². The van der Waals surface area contributed by atoms with E-state index in [1.165, 1.54) is 5.56 Å². The Kier molecular flexibility index (Phi) is 3.11. The van der Waals surface area contributed by atoms with Gasteiger partial charge in [-0.3, -0.25) is 0 Å². The summed E-state index contributed by atoms with van der Waals surface area (Å²) >= 11 is 0. The van der Waals surface area contributed by atoms with Crippen molar-refractivity contribution in [3.8, 4) is 0 Å². The fourth-order valence-electron chi connectivity index (χ4n) is 2.61. The largest absolute Gasteiger partial charge is 0.306 e. The van der Waals surface area contributed by atoms with Gasteiger partial charge in [0.2, 0.25) is 0 Å². The number of hydrogen-bond donors (Lipinski definition) is 1. The Morgan fingerprint density at radius 1 is 0.944 bits per heavy atom. The molecule has 2 unspecified atom stereocenters. The molecule has 0 fully saturated rings. The Bertz CT molecular complexity index is 524. The minimum atomic E-state index is -0.881. The van der Waals surface area contributed by atoms with E-state index in [-0.39, 0.29) is 6.04 Å². The topological polar surface area (TPSA) is 12.0 Å². The molecule has 0 aliphatic carbocycles.